The topological polar surface area (TPSA) is 69.7 Å². The number of fused-ring (bicyclic) bond motifs is 5. The molecule has 4 saturated carbocycles. The lowest BCUT2D eigenvalue weighted by Crippen LogP contribution is -2.60. The number of hydrogen-bond donors (Lipinski definition) is 0. The molecule has 0 aliphatic heterocycles. The van der Waals surface area contributed by atoms with Gasteiger partial charge in [0, 0.05) is 25.7 Å². The lowest BCUT2D eigenvalue weighted by Gasteiger charge is -2.62. The second-order valence-corrected chi connectivity index (χ2v) is 11.7. The van der Waals surface area contributed by atoms with E-state index in [-0.39, 0.29) is 40.9 Å². The summed E-state index contributed by atoms with van der Waals surface area (Å²) < 4.78 is 11.7. The summed E-state index contributed by atoms with van der Waals surface area (Å²) >= 11 is 0. The van der Waals surface area contributed by atoms with E-state index < -0.39 is 0 Å². The van der Waals surface area contributed by atoms with Gasteiger partial charge in [0.15, 0.2) is 0 Å². The van der Waals surface area contributed by atoms with Crippen molar-refractivity contribution in [1.82, 2.24) is 0 Å². The minimum Gasteiger partial charge on any atom is -0.463 e. The fourth-order valence-corrected chi connectivity index (χ4v) is 9.21. The Morgan fingerprint density at radius 3 is 2.16 bits per heavy atom. The summed E-state index contributed by atoms with van der Waals surface area (Å²) in [6.07, 6.45) is 6.84. The Morgan fingerprint density at radius 2 is 1.55 bits per heavy atom. The standard InChI is InChI=1S/C26H40O5/c1-14-11-21-20-8-7-18-12-19(30-16(3)28)9-10-25(18,5)24(20)22(31-17(4)29)13-26(21,6)23(14)15(2)27/h14,18-24H,7-13H2,1-6H3/t14-,18+,19-,20+,21+,22-,23-,24-,25+,26+/m1/s1. The predicted octanol–water partition coefficient (Wildman–Crippen LogP) is 4.95. The Morgan fingerprint density at radius 1 is 0.871 bits per heavy atom. The molecule has 0 unspecified atom stereocenters. The predicted molar refractivity (Wildman–Crippen MR) is 117 cm³/mol. The van der Waals surface area contributed by atoms with Crippen molar-refractivity contribution >= 4 is 17.7 Å². The molecule has 0 bridgehead atoms. The van der Waals surface area contributed by atoms with Gasteiger partial charge in [0.05, 0.1) is 0 Å². The van der Waals surface area contributed by atoms with E-state index in [9.17, 15) is 14.4 Å². The average molecular weight is 433 g/mol. The Labute approximate surface area is 187 Å². The minimum absolute atomic E-state index is 0.0155. The van der Waals surface area contributed by atoms with Gasteiger partial charge >= 0.3 is 11.9 Å². The molecule has 10 atom stereocenters. The zero-order valence-corrected chi connectivity index (χ0v) is 20.1. The Hall–Kier alpha value is -1.39. The highest BCUT2D eigenvalue weighted by Gasteiger charge is 2.66. The zero-order valence-electron chi connectivity index (χ0n) is 20.1. The number of hydrogen-bond acceptors (Lipinski definition) is 5. The van der Waals surface area contributed by atoms with Gasteiger partial charge in [-0.3, -0.25) is 14.4 Å². The highest BCUT2D eigenvalue weighted by molar-refractivity contribution is 5.80. The molecule has 4 aliphatic carbocycles. The number of esters is 2. The van der Waals surface area contributed by atoms with Crippen molar-refractivity contribution in [2.45, 2.75) is 98.7 Å². The van der Waals surface area contributed by atoms with Crippen LogP contribution < -0.4 is 0 Å². The number of rotatable bonds is 3. The molecule has 5 heteroatoms. The van der Waals surface area contributed by atoms with Crippen molar-refractivity contribution in [1.29, 1.82) is 0 Å². The van der Waals surface area contributed by atoms with Crippen molar-refractivity contribution in [2.24, 2.45) is 46.3 Å². The van der Waals surface area contributed by atoms with Gasteiger partial charge in [0.2, 0.25) is 0 Å². The third-order valence-electron chi connectivity index (χ3n) is 9.95. The van der Waals surface area contributed by atoms with Gasteiger partial charge in [-0.25, -0.2) is 0 Å². The van der Waals surface area contributed by atoms with Crippen LogP contribution in [0, 0.1) is 46.3 Å². The van der Waals surface area contributed by atoms with E-state index in [0.29, 0.717) is 35.4 Å². The number of carbonyl (C=O) groups excluding carboxylic acids is 3. The largest absolute Gasteiger partial charge is 0.463 e. The van der Waals surface area contributed by atoms with Crippen LogP contribution in [0.2, 0.25) is 0 Å². The summed E-state index contributed by atoms with van der Waals surface area (Å²) in [5.41, 5.74) is -0.0107. The fraction of sp³-hybridized carbons (Fsp3) is 0.885. The van der Waals surface area contributed by atoms with Crippen LogP contribution in [0.4, 0.5) is 0 Å². The SMILES string of the molecule is CC(=O)O[C@@H]1CC[C@@]2(C)[C@@H](CC[C@@H]3[C@@H]2[C@H](OC(C)=O)C[C@@]2(C)[C@H]3C[C@@H](C)[C@@H]2C(C)=O)C1. The summed E-state index contributed by atoms with van der Waals surface area (Å²) in [5, 5.41) is 0. The first-order chi connectivity index (χ1) is 14.5. The van der Waals surface area contributed by atoms with Gasteiger partial charge in [-0.05, 0) is 86.4 Å². The van der Waals surface area contributed by atoms with Crippen LogP contribution in [0.5, 0.6) is 0 Å². The molecule has 4 fully saturated rings. The van der Waals surface area contributed by atoms with Crippen LogP contribution in [0.1, 0.15) is 86.5 Å². The molecule has 4 rings (SSSR count). The quantitative estimate of drug-likeness (QED) is 0.590. The molecule has 5 nitrogen and oxygen atoms in total. The van der Waals surface area contributed by atoms with Crippen LogP contribution in [0.15, 0.2) is 0 Å². The highest BCUT2D eigenvalue weighted by Crippen LogP contribution is 2.69. The third-order valence-corrected chi connectivity index (χ3v) is 9.95. The van der Waals surface area contributed by atoms with Gasteiger partial charge < -0.3 is 9.47 Å². The van der Waals surface area contributed by atoms with Crippen LogP contribution in [0.3, 0.4) is 0 Å². The molecule has 0 aromatic rings. The smallest absolute Gasteiger partial charge is 0.302 e. The average Bonchev–Trinajstić information content (AvgIpc) is 2.90. The van der Waals surface area contributed by atoms with E-state index in [1.54, 1.807) is 6.92 Å². The van der Waals surface area contributed by atoms with E-state index in [0.717, 1.165) is 44.9 Å². The molecule has 0 heterocycles. The number of carbonyl (C=O) groups is 3. The number of ether oxygens (including phenoxy) is 2. The summed E-state index contributed by atoms with van der Waals surface area (Å²) in [6.45, 7) is 11.7. The van der Waals surface area contributed by atoms with E-state index in [4.69, 9.17) is 9.47 Å². The molecule has 31 heavy (non-hydrogen) atoms. The Bertz CT molecular complexity index is 761. The first kappa shape index (κ1) is 22.8. The molecule has 0 spiro atoms. The van der Waals surface area contributed by atoms with Crippen molar-refractivity contribution < 1.29 is 23.9 Å². The van der Waals surface area contributed by atoms with E-state index >= 15 is 0 Å². The van der Waals surface area contributed by atoms with Gasteiger partial charge in [0.25, 0.3) is 0 Å². The maximum Gasteiger partial charge on any atom is 0.302 e. The fourth-order valence-electron chi connectivity index (χ4n) is 9.21. The number of ketones is 1. The third kappa shape index (κ3) is 3.64. The van der Waals surface area contributed by atoms with Crippen molar-refractivity contribution in [2.75, 3.05) is 0 Å². The summed E-state index contributed by atoms with van der Waals surface area (Å²) in [4.78, 5) is 36.3. The second kappa shape index (κ2) is 7.88. The molecule has 0 saturated heterocycles. The summed E-state index contributed by atoms with van der Waals surface area (Å²) in [5.74, 6) is 2.13. The highest BCUT2D eigenvalue weighted by atomic mass is 16.5. The monoisotopic (exact) mass is 432 g/mol. The first-order valence-corrected chi connectivity index (χ1v) is 12.3. The lowest BCUT2D eigenvalue weighted by atomic mass is 9.43. The normalized spacial score (nSPS) is 48.7. The van der Waals surface area contributed by atoms with Gasteiger partial charge in [-0.15, -0.1) is 0 Å². The lowest BCUT2D eigenvalue weighted by molar-refractivity contribution is -0.200. The molecule has 4 aliphatic rings. The molecular formula is C26H40O5. The molecule has 0 radical (unpaired) electrons. The Kier molecular flexibility index (Phi) is 5.79. The summed E-state index contributed by atoms with van der Waals surface area (Å²) in [6, 6.07) is 0. The molecule has 0 amide bonds. The first-order valence-electron chi connectivity index (χ1n) is 12.3. The molecule has 0 N–H and O–H groups in total. The maximum atomic E-state index is 12.7. The van der Waals surface area contributed by atoms with Crippen molar-refractivity contribution in [3.63, 3.8) is 0 Å². The maximum absolute atomic E-state index is 12.7. The van der Waals surface area contributed by atoms with Crippen LogP contribution in [-0.2, 0) is 23.9 Å². The van der Waals surface area contributed by atoms with Gasteiger partial charge in [-0.1, -0.05) is 20.8 Å². The van der Waals surface area contributed by atoms with Crippen LogP contribution >= 0.6 is 0 Å². The minimum atomic E-state index is -0.212. The summed E-state index contributed by atoms with van der Waals surface area (Å²) in [7, 11) is 0. The number of Topliss-reactive ketones (excluding diaryl/α,β-unsaturated/α-hetero) is 1. The molecule has 0 aromatic heterocycles. The second-order valence-electron chi connectivity index (χ2n) is 11.7. The molecule has 174 valence electrons. The van der Waals surface area contributed by atoms with Crippen LogP contribution in [0.25, 0.3) is 0 Å². The molecule has 0 aromatic carbocycles. The van der Waals surface area contributed by atoms with E-state index in [1.165, 1.54) is 13.8 Å². The van der Waals surface area contributed by atoms with Crippen molar-refractivity contribution in [3.8, 4) is 0 Å². The van der Waals surface area contributed by atoms with Gasteiger partial charge in [-0.2, -0.15) is 0 Å². The van der Waals surface area contributed by atoms with Crippen LogP contribution in [-0.4, -0.2) is 29.9 Å². The zero-order chi connectivity index (χ0) is 22.7. The molecular weight excluding hydrogens is 392 g/mol. The van der Waals surface area contributed by atoms with E-state index in [2.05, 4.69) is 20.8 Å². The Balaban J connectivity index is 1.68. The van der Waals surface area contributed by atoms with E-state index in [1.807, 2.05) is 0 Å². The van der Waals surface area contributed by atoms with Crippen molar-refractivity contribution in [3.05, 3.63) is 0 Å². The van der Waals surface area contributed by atoms with Gasteiger partial charge in [0.1, 0.15) is 18.0 Å².